The Bertz CT molecular complexity index is 374. The van der Waals surface area contributed by atoms with E-state index in [-0.39, 0.29) is 5.56 Å². The summed E-state index contributed by atoms with van der Waals surface area (Å²) in [7, 11) is 0. The first-order valence-electron chi connectivity index (χ1n) is 5.82. The lowest BCUT2D eigenvalue weighted by molar-refractivity contribution is 0.0692. The molecule has 0 heterocycles. The number of carbonyl (C=O) groups is 1. The van der Waals surface area contributed by atoms with Crippen molar-refractivity contribution in [1.82, 2.24) is 0 Å². The number of rotatable bonds is 7. The first-order valence-corrected chi connectivity index (χ1v) is 5.82. The van der Waals surface area contributed by atoms with E-state index in [1.807, 2.05) is 13.8 Å². The van der Waals surface area contributed by atoms with Gasteiger partial charge in [0, 0.05) is 6.07 Å². The maximum atomic E-state index is 11.0. The van der Waals surface area contributed by atoms with Gasteiger partial charge in [-0.15, -0.1) is 0 Å². The second kappa shape index (κ2) is 6.78. The summed E-state index contributed by atoms with van der Waals surface area (Å²) in [5, 5.41) is 9.01. The van der Waals surface area contributed by atoms with E-state index in [2.05, 4.69) is 0 Å². The molecule has 94 valence electrons. The van der Waals surface area contributed by atoms with Gasteiger partial charge >= 0.3 is 5.97 Å². The Kier molecular flexibility index (Phi) is 5.33. The zero-order valence-corrected chi connectivity index (χ0v) is 10.2. The molecule has 1 aromatic carbocycles. The van der Waals surface area contributed by atoms with E-state index in [1.165, 1.54) is 6.07 Å². The van der Waals surface area contributed by atoms with Gasteiger partial charge in [-0.2, -0.15) is 0 Å². The normalized spacial score (nSPS) is 10.0. The Labute approximate surface area is 101 Å². The lowest BCUT2D eigenvalue weighted by Crippen LogP contribution is -2.05. The molecule has 0 atom stereocenters. The van der Waals surface area contributed by atoms with Crippen LogP contribution in [0.2, 0.25) is 0 Å². The van der Waals surface area contributed by atoms with Gasteiger partial charge < -0.3 is 14.6 Å². The Morgan fingerprint density at radius 3 is 2.41 bits per heavy atom. The molecule has 1 N–H and O–H groups in total. The molecule has 0 spiro atoms. The van der Waals surface area contributed by atoms with Gasteiger partial charge in [0.15, 0.2) is 0 Å². The fourth-order valence-electron chi connectivity index (χ4n) is 1.32. The minimum absolute atomic E-state index is 0.169. The van der Waals surface area contributed by atoms with E-state index in [0.29, 0.717) is 24.7 Å². The predicted octanol–water partition coefficient (Wildman–Crippen LogP) is 2.96. The SMILES string of the molecule is CCCOc1ccc(C(=O)O)c(OCCC)c1. The van der Waals surface area contributed by atoms with Crippen LogP contribution in [-0.4, -0.2) is 24.3 Å². The smallest absolute Gasteiger partial charge is 0.339 e. The second-order valence-electron chi connectivity index (χ2n) is 3.66. The summed E-state index contributed by atoms with van der Waals surface area (Å²) in [6, 6.07) is 4.80. The molecule has 0 aliphatic heterocycles. The highest BCUT2D eigenvalue weighted by atomic mass is 16.5. The lowest BCUT2D eigenvalue weighted by atomic mass is 10.2. The highest BCUT2D eigenvalue weighted by Crippen LogP contribution is 2.25. The summed E-state index contributed by atoms with van der Waals surface area (Å²) in [5.74, 6) is 0.0223. The second-order valence-corrected chi connectivity index (χ2v) is 3.66. The van der Waals surface area contributed by atoms with Crippen LogP contribution in [0.25, 0.3) is 0 Å². The number of carboxylic acids is 1. The van der Waals surface area contributed by atoms with Crippen LogP contribution in [0.4, 0.5) is 0 Å². The van der Waals surface area contributed by atoms with Crippen LogP contribution in [0, 0.1) is 0 Å². The van der Waals surface area contributed by atoms with E-state index < -0.39 is 5.97 Å². The number of ether oxygens (including phenoxy) is 2. The number of hydrogen-bond donors (Lipinski definition) is 1. The molecule has 0 saturated carbocycles. The van der Waals surface area contributed by atoms with Crippen LogP contribution in [0.15, 0.2) is 18.2 Å². The molecular formula is C13H18O4. The van der Waals surface area contributed by atoms with E-state index >= 15 is 0 Å². The van der Waals surface area contributed by atoms with Crippen molar-refractivity contribution >= 4 is 5.97 Å². The summed E-state index contributed by atoms with van der Waals surface area (Å²) in [6.45, 7) is 5.09. The Morgan fingerprint density at radius 1 is 1.18 bits per heavy atom. The van der Waals surface area contributed by atoms with Crippen LogP contribution in [0.5, 0.6) is 11.5 Å². The van der Waals surface area contributed by atoms with E-state index in [0.717, 1.165) is 12.8 Å². The third kappa shape index (κ3) is 3.98. The van der Waals surface area contributed by atoms with Gasteiger partial charge in [0.2, 0.25) is 0 Å². The maximum absolute atomic E-state index is 11.0. The molecule has 0 aliphatic rings. The molecule has 17 heavy (non-hydrogen) atoms. The fraction of sp³-hybridized carbons (Fsp3) is 0.462. The minimum atomic E-state index is -0.988. The van der Waals surface area contributed by atoms with Crippen molar-refractivity contribution in [3.63, 3.8) is 0 Å². The molecule has 0 fully saturated rings. The Morgan fingerprint density at radius 2 is 1.82 bits per heavy atom. The molecule has 0 aromatic heterocycles. The molecule has 1 aromatic rings. The number of aromatic carboxylic acids is 1. The number of hydrogen-bond acceptors (Lipinski definition) is 3. The molecule has 0 bridgehead atoms. The first-order chi connectivity index (χ1) is 8.19. The van der Waals surface area contributed by atoms with E-state index in [9.17, 15) is 4.79 Å². The van der Waals surface area contributed by atoms with Crippen LogP contribution < -0.4 is 9.47 Å². The maximum Gasteiger partial charge on any atom is 0.339 e. The van der Waals surface area contributed by atoms with Crippen LogP contribution in [0.3, 0.4) is 0 Å². The van der Waals surface area contributed by atoms with Gasteiger partial charge in [-0.3, -0.25) is 0 Å². The molecule has 0 amide bonds. The third-order valence-electron chi connectivity index (χ3n) is 2.12. The third-order valence-corrected chi connectivity index (χ3v) is 2.12. The summed E-state index contributed by atoms with van der Waals surface area (Å²) in [4.78, 5) is 11.0. The number of carboxylic acid groups (broad SMARTS) is 1. The Balaban J connectivity index is 2.88. The van der Waals surface area contributed by atoms with Crippen molar-refractivity contribution in [2.24, 2.45) is 0 Å². The zero-order valence-electron chi connectivity index (χ0n) is 10.2. The molecule has 1 rings (SSSR count). The fourth-order valence-corrected chi connectivity index (χ4v) is 1.32. The first kappa shape index (κ1) is 13.4. The van der Waals surface area contributed by atoms with Gasteiger partial charge in [-0.1, -0.05) is 13.8 Å². The van der Waals surface area contributed by atoms with Crippen molar-refractivity contribution in [2.75, 3.05) is 13.2 Å². The van der Waals surface area contributed by atoms with Crippen molar-refractivity contribution in [3.05, 3.63) is 23.8 Å². The monoisotopic (exact) mass is 238 g/mol. The van der Waals surface area contributed by atoms with Crippen molar-refractivity contribution < 1.29 is 19.4 Å². The van der Waals surface area contributed by atoms with Gasteiger partial charge in [-0.05, 0) is 25.0 Å². The molecule has 4 heteroatoms. The lowest BCUT2D eigenvalue weighted by Gasteiger charge is -2.11. The van der Waals surface area contributed by atoms with Crippen molar-refractivity contribution in [2.45, 2.75) is 26.7 Å². The van der Waals surface area contributed by atoms with Crippen LogP contribution >= 0.6 is 0 Å². The van der Waals surface area contributed by atoms with Crippen LogP contribution in [-0.2, 0) is 0 Å². The van der Waals surface area contributed by atoms with Crippen LogP contribution in [0.1, 0.15) is 37.0 Å². The van der Waals surface area contributed by atoms with Crippen molar-refractivity contribution in [1.29, 1.82) is 0 Å². The molecule has 0 saturated heterocycles. The average Bonchev–Trinajstić information content (AvgIpc) is 2.33. The summed E-state index contributed by atoms with van der Waals surface area (Å²) in [6.07, 6.45) is 1.74. The van der Waals surface area contributed by atoms with E-state index in [1.54, 1.807) is 12.1 Å². The minimum Gasteiger partial charge on any atom is -0.493 e. The molecular weight excluding hydrogens is 220 g/mol. The molecule has 0 unspecified atom stereocenters. The van der Waals surface area contributed by atoms with Gasteiger partial charge in [-0.25, -0.2) is 4.79 Å². The molecule has 4 nitrogen and oxygen atoms in total. The summed E-state index contributed by atoms with van der Waals surface area (Å²) < 4.78 is 10.8. The Hall–Kier alpha value is -1.71. The van der Waals surface area contributed by atoms with Gasteiger partial charge in [0.25, 0.3) is 0 Å². The average molecular weight is 238 g/mol. The van der Waals surface area contributed by atoms with Gasteiger partial charge in [0.05, 0.1) is 13.2 Å². The van der Waals surface area contributed by atoms with E-state index in [4.69, 9.17) is 14.6 Å². The number of benzene rings is 1. The largest absolute Gasteiger partial charge is 0.493 e. The quantitative estimate of drug-likeness (QED) is 0.793. The zero-order chi connectivity index (χ0) is 12.7. The van der Waals surface area contributed by atoms with Crippen molar-refractivity contribution in [3.8, 4) is 11.5 Å². The topological polar surface area (TPSA) is 55.8 Å². The summed E-state index contributed by atoms with van der Waals surface area (Å²) in [5.41, 5.74) is 0.169. The standard InChI is InChI=1S/C13H18O4/c1-3-7-16-10-5-6-11(13(14)15)12(9-10)17-8-4-2/h5-6,9H,3-4,7-8H2,1-2H3,(H,14,15). The predicted molar refractivity (Wildman–Crippen MR) is 65.0 cm³/mol. The summed E-state index contributed by atoms with van der Waals surface area (Å²) >= 11 is 0. The molecule has 0 aliphatic carbocycles. The highest BCUT2D eigenvalue weighted by molar-refractivity contribution is 5.91. The highest BCUT2D eigenvalue weighted by Gasteiger charge is 2.12. The van der Waals surface area contributed by atoms with Gasteiger partial charge in [0.1, 0.15) is 17.1 Å². The molecule has 0 radical (unpaired) electrons.